The van der Waals surface area contributed by atoms with E-state index in [4.69, 9.17) is 5.11 Å². The smallest absolute Gasteiger partial charge is 0.335 e. The highest BCUT2D eigenvalue weighted by Gasteiger charge is 2.32. The zero-order valence-electron chi connectivity index (χ0n) is 13.7. The molecule has 2 N–H and O–H groups in total. The van der Waals surface area contributed by atoms with E-state index >= 15 is 0 Å². The maximum absolute atomic E-state index is 12.5. The molecule has 0 aromatic heterocycles. The molecular formula is C20H21NO3. The monoisotopic (exact) mass is 323 g/mol. The minimum Gasteiger partial charge on any atom is -0.478 e. The van der Waals surface area contributed by atoms with Crippen LogP contribution in [0.15, 0.2) is 48.5 Å². The van der Waals surface area contributed by atoms with E-state index in [9.17, 15) is 9.59 Å². The number of rotatable bonds is 4. The Kier molecular flexibility index (Phi) is 4.38. The van der Waals surface area contributed by atoms with Crippen LogP contribution in [-0.2, 0) is 23.2 Å². The number of hydrogen-bond donors (Lipinski definition) is 2. The van der Waals surface area contributed by atoms with Crippen molar-refractivity contribution in [1.29, 1.82) is 0 Å². The molecule has 2 aromatic rings. The minimum absolute atomic E-state index is 0.0442. The number of carbonyl (C=O) groups is 2. The van der Waals surface area contributed by atoms with Crippen LogP contribution in [0.3, 0.4) is 0 Å². The molecule has 4 nitrogen and oxygen atoms in total. The lowest BCUT2D eigenvalue weighted by molar-refractivity contribution is -0.122. The summed E-state index contributed by atoms with van der Waals surface area (Å²) < 4.78 is 0. The number of carboxylic acids is 1. The molecule has 0 saturated heterocycles. The Balaban J connectivity index is 1.72. The highest BCUT2D eigenvalue weighted by Crippen LogP contribution is 2.34. The van der Waals surface area contributed by atoms with E-state index in [0.717, 1.165) is 24.8 Å². The van der Waals surface area contributed by atoms with Gasteiger partial charge in [-0.25, -0.2) is 4.79 Å². The van der Waals surface area contributed by atoms with Gasteiger partial charge < -0.3 is 10.4 Å². The quantitative estimate of drug-likeness (QED) is 0.907. The van der Waals surface area contributed by atoms with Gasteiger partial charge in [0.1, 0.15) is 0 Å². The van der Waals surface area contributed by atoms with Crippen molar-refractivity contribution < 1.29 is 14.7 Å². The molecule has 4 heteroatoms. The van der Waals surface area contributed by atoms with E-state index in [1.807, 2.05) is 12.1 Å². The molecular weight excluding hydrogens is 302 g/mol. The molecule has 0 radical (unpaired) electrons. The third-order valence-electron chi connectivity index (χ3n) is 4.72. The second-order valence-corrected chi connectivity index (χ2v) is 6.57. The maximum Gasteiger partial charge on any atom is 0.335 e. The number of benzene rings is 2. The number of carboxylic acid groups (broad SMARTS) is 1. The molecule has 2 aromatic carbocycles. The maximum atomic E-state index is 12.5. The summed E-state index contributed by atoms with van der Waals surface area (Å²) in [5, 5.41) is 12.1. The molecule has 0 bridgehead atoms. The molecule has 124 valence electrons. The Morgan fingerprint density at radius 3 is 2.54 bits per heavy atom. The van der Waals surface area contributed by atoms with Gasteiger partial charge >= 0.3 is 5.97 Å². The summed E-state index contributed by atoms with van der Waals surface area (Å²) in [6.45, 7) is 2.08. The molecule has 24 heavy (non-hydrogen) atoms. The number of hydrogen-bond acceptors (Lipinski definition) is 2. The number of aromatic carboxylic acids is 1. The zero-order chi connectivity index (χ0) is 17.2. The van der Waals surface area contributed by atoms with Gasteiger partial charge in [0.25, 0.3) is 0 Å². The first-order valence-electron chi connectivity index (χ1n) is 8.19. The van der Waals surface area contributed by atoms with Gasteiger partial charge in [-0.3, -0.25) is 4.79 Å². The largest absolute Gasteiger partial charge is 0.478 e. The van der Waals surface area contributed by atoms with Crippen LogP contribution in [-0.4, -0.2) is 17.0 Å². The van der Waals surface area contributed by atoms with Gasteiger partial charge in [0, 0.05) is 0 Å². The fourth-order valence-electron chi connectivity index (χ4n) is 3.48. The van der Waals surface area contributed by atoms with Gasteiger partial charge in [-0.1, -0.05) is 36.4 Å². The third kappa shape index (κ3) is 3.32. The summed E-state index contributed by atoms with van der Waals surface area (Å²) in [6, 6.07) is 14.7. The van der Waals surface area contributed by atoms with Crippen molar-refractivity contribution in [2.24, 2.45) is 0 Å². The van der Waals surface area contributed by atoms with Crippen molar-refractivity contribution in [3.63, 3.8) is 0 Å². The zero-order valence-corrected chi connectivity index (χ0v) is 13.7. The molecule has 0 saturated carbocycles. The number of fused-ring (bicyclic) bond motifs is 1. The van der Waals surface area contributed by atoms with E-state index in [-0.39, 0.29) is 23.4 Å². The summed E-state index contributed by atoms with van der Waals surface area (Å²) in [5.74, 6) is -1.00. The minimum atomic E-state index is -0.961. The van der Waals surface area contributed by atoms with Crippen molar-refractivity contribution in [3.05, 3.63) is 70.8 Å². The van der Waals surface area contributed by atoms with Gasteiger partial charge in [-0.2, -0.15) is 0 Å². The summed E-state index contributed by atoms with van der Waals surface area (Å²) in [7, 11) is 0. The van der Waals surface area contributed by atoms with Crippen molar-refractivity contribution in [2.75, 3.05) is 0 Å². The summed E-state index contributed by atoms with van der Waals surface area (Å²) >= 11 is 0. The standard InChI is InChI=1S/C20H21NO3/c1-20(12-4-6-15-5-2-3-7-17(15)20)21-18(22)13-14-8-10-16(11-9-14)19(23)24/h2-3,5,7-11H,4,6,12-13H2,1H3,(H,21,22)(H,23,24). The average molecular weight is 323 g/mol. The van der Waals surface area contributed by atoms with E-state index in [1.165, 1.54) is 23.3 Å². The molecule has 1 unspecified atom stereocenters. The van der Waals surface area contributed by atoms with Crippen LogP contribution in [0.2, 0.25) is 0 Å². The normalized spacial score (nSPS) is 19.4. The molecule has 0 heterocycles. The lowest BCUT2D eigenvalue weighted by Gasteiger charge is -2.37. The fraction of sp³-hybridized carbons (Fsp3) is 0.300. The SMILES string of the molecule is CC1(NC(=O)Cc2ccc(C(=O)O)cc2)CCCc2ccccc21. The molecule has 1 aliphatic carbocycles. The number of amides is 1. The lowest BCUT2D eigenvalue weighted by Crippen LogP contribution is -2.46. The average Bonchev–Trinajstić information content (AvgIpc) is 2.55. The van der Waals surface area contributed by atoms with Crippen LogP contribution in [0.25, 0.3) is 0 Å². The summed E-state index contributed by atoms with van der Waals surface area (Å²) in [5.41, 5.74) is 3.20. The van der Waals surface area contributed by atoms with Gasteiger partial charge in [0.15, 0.2) is 0 Å². The topological polar surface area (TPSA) is 66.4 Å². The molecule has 1 amide bonds. The molecule has 1 aliphatic rings. The Bertz CT molecular complexity index is 767. The Hall–Kier alpha value is -2.62. The van der Waals surface area contributed by atoms with Crippen LogP contribution >= 0.6 is 0 Å². The predicted octanol–water partition coefficient (Wildman–Crippen LogP) is 3.30. The lowest BCUT2D eigenvalue weighted by atomic mass is 9.77. The first-order valence-corrected chi connectivity index (χ1v) is 8.19. The summed E-state index contributed by atoms with van der Waals surface area (Å²) in [4.78, 5) is 23.4. The molecule has 1 atom stereocenters. The first kappa shape index (κ1) is 16.2. The van der Waals surface area contributed by atoms with Gasteiger partial charge in [0.05, 0.1) is 17.5 Å². The van der Waals surface area contributed by atoms with Gasteiger partial charge in [0.2, 0.25) is 5.91 Å². The fourth-order valence-corrected chi connectivity index (χ4v) is 3.48. The number of carbonyl (C=O) groups excluding carboxylic acids is 1. The van der Waals surface area contributed by atoms with E-state index < -0.39 is 5.97 Å². The van der Waals surface area contributed by atoms with Crippen LogP contribution in [0, 0.1) is 0 Å². The highest BCUT2D eigenvalue weighted by molar-refractivity contribution is 5.87. The van der Waals surface area contributed by atoms with Crippen LogP contribution in [0.1, 0.15) is 46.8 Å². The Labute approximate surface area is 141 Å². The van der Waals surface area contributed by atoms with Crippen molar-refractivity contribution in [3.8, 4) is 0 Å². The molecule has 0 aliphatic heterocycles. The predicted molar refractivity (Wildman–Crippen MR) is 92.0 cm³/mol. The summed E-state index contributed by atoms with van der Waals surface area (Å²) in [6.07, 6.45) is 3.28. The third-order valence-corrected chi connectivity index (χ3v) is 4.72. The van der Waals surface area contributed by atoms with Gasteiger partial charge in [-0.15, -0.1) is 0 Å². The molecule has 0 fully saturated rings. The van der Waals surface area contributed by atoms with E-state index in [1.54, 1.807) is 12.1 Å². The van der Waals surface area contributed by atoms with Crippen LogP contribution < -0.4 is 5.32 Å². The van der Waals surface area contributed by atoms with Crippen LogP contribution in [0.4, 0.5) is 0 Å². The first-order chi connectivity index (χ1) is 11.5. The van der Waals surface area contributed by atoms with E-state index in [2.05, 4.69) is 24.4 Å². The Morgan fingerprint density at radius 2 is 1.83 bits per heavy atom. The molecule has 3 rings (SSSR count). The highest BCUT2D eigenvalue weighted by atomic mass is 16.4. The van der Waals surface area contributed by atoms with Crippen molar-refractivity contribution in [1.82, 2.24) is 5.32 Å². The van der Waals surface area contributed by atoms with Crippen LogP contribution in [0.5, 0.6) is 0 Å². The number of nitrogens with one attached hydrogen (secondary N) is 1. The molecule has 0 spiro atoms. The van der Waals surface area contributed by atoms with Crippen molar-refractivity contribution >= 4 is 11.9 Å². The second kappa shape index (κ2) is 6.48. The van der Waals surface area contributed by atoms with Gasteiger partial charge in [-0.05, 0) is 55.0 Å². The second-order valence-electron chi connectivity index (χ2n) is 6.57. The Morgan fingerprint density at radius 1 is 1.12 bits per heavy atom. The van der Waals surface area contributed by atoms with Crippen molar-refractivity contribution in [2.45, 2.75) is 38.1 Å². The van der Waals surface area contributed by atoms with E-state index in [0.29, 0.717) is 0 Å². The number of aryl methyl sites for hydroxylation is 1.